The van der Waals surface area contributed by atoms with Gasteiger partial charge in [0, 0.05) is 10.9 Å². The van der Waals surface area contributed by atoms with Crippen LogP contribution in [-0.2, 0) is 11.0 Å². The molecule has 1 aliphatic rings. The van der Waals surface area contributed by atoms with Crippen LogP contribution in [0.15, 0.2) is 18.3 Å². The van der Waals surface area contributed by atoms with Gasteiger partial charge in [-0.25, -0.2) is 18.7 Å². The first-order chi connectivity index (χ1) is 14.6. The Morgan fingerprint density at radius 2 is 2.03 bits per heavy atom. The molecule has 0 aliphatic heterocycles. The molecule has 1 aliphatic carbocycles. The van der Waals surface area contributed by atoms with Crippen LogP contribution in [0.2, 0.25) is 0 Å². The molecule has 6 nitrogen and oxygen atoms in total. The van der Waals surface area contributed by atoms with Crippen LogP contribution in [0.4, 0.5) is 27.1 Å². The highest BCUT2D eigenvalue weighted by atomic mass is 32.1. The SMILES string of the molecule is Cc1c(F)c(C(F)(F)F)c2[nH]ncc2c1-c1ccc2nc(NC(=O)[C@@H]3C[C@@H]3F)sc2n1. The van der Waals surface area contributed by atoms with Crippen LogP contribution in [0.5, 0.6) is 0 Å². The van der Waals surface area contributed by atoms with Gasteiger partial charge in [0.2, 0.25) is 5.91 Å². The molecule has 1 fully saturated rings. The third kappa shape index (κ3) is 3.21. The number of benzene rings is 1. The van der Waals surface area contributed by atoms with Crippen molar-refractivity contribution in [3.63, 3.8) is 0 Å². The third-order valence-electron chi connectivity index (χ3n) is 5.16. The number of rotatable bonds is 3. The van der Waals surface area contributed by atoms with E-state index in [2.05, 4.69) is 25.5 Å². The summed E-state index contributed by atoms with van der Waals surface area (Å²) < 4.78 is 68.0. The van der Waals surface area contributed by atoms with Crippen LogP contribution in [0.25, 0.3) is 32.5 Å². The van der Waals surface area contributed by atoms with Gasteiger partial charge in [-0.3, -0.25) is 9.89 Å². The topological polar surface area (TPSA) is 83.6 Å². The number of carbonyl (C=O) groups excluding carboxylic acids is 1. The lowest BCUT2D eigenvalue weighted by atomic mass is 9.96. The molecule has 3 heterocycles. The molecule has 2 N–H and O–H groups in total. The van der Waals surface area contributed by atoms with Crippen molar-refractivity contribution in [2.24, 2.45) is 5.92 Å². The number of anilines is 1. The zero-order valence-corrected chi connectivity index (χ0v) is 16.5. The lowest BCUT2D eigenvalue weighted by Crippen LogP contribution is -2.14. The number of H-pyrrole nitrogens is 1. The summed E-state index contributed by atoms with van der Waals surface area (Å²) in [6.07, 6.45) is -4.67. The fourth-order valence-corrected chi connectivity index (χ4v) is 4.36. The van der Waals surface area contributed by atoms with E-state index in [9.17, 15) is 26.7 Å². The Morgan fingerprint density at radius 1 is 1.29 bits per heavy atom. The molecule has 1 saturated carbocycles. The van der Waals surface area contributed by atoms with Crippen molar-refractivity contribution >= 4 is 43.6 Å². The zero-order valence-electron chi connectivity index (χ0n) is 15.6. The number of nitrogens with one attached hydrogen (secondary N) is 2. The molecule has 4 aromatic rings. The predicted molar refractivity (Wildman–Crippen MR) is 104 cm³/mol. The van der Waals surface area contributed by atoms with Crippen molar-refractivity contribution in [3.8, 4) is 11.3 Å². The fraction of sp³-hybridized carbons (Fsp3) is 0.263. The molecule has 3 aromatic heterocycles. The summed E-state index contributed by atoms with van der Waals surface area (Å²) in [6.45, 7) is 1.25. The summed E-state index contributed by atoms with van der Waals surface area (Å²) in [6, 6.07) is 3.08. The van der Waals surface area contributed by atoms with Gasteiger partial charge in [0.25, 0.3) is 0 Å². The van der Waals surface area contributed by atoms with E-state index in [4.69, 9.17) is 0 Å². The lowest BCUT2D eigenvalue weighted by Gasteiger charge is -2.15. The number of aromatic amines is 1. The number of halogens is 5. The van der Waals surface area contributed by atoms with E-state index in [1.54, 1.807) is 6.07 Å². The van der Waals surface area contributed by atoms with Crippen molar-refractivity contribution in [2.75, 3.05) is 5.32 Å². The minimum absolute atomic E-state index is 0.0823. The van der Waals surface area contributed by atoms with Gasteiger partial charge in [-0.2, -0.15) is 18.3 Å². The molecule has 1 amide bonds. The first-order valence-electron chi connectivity index (χ1n) is 9.10. The first-order valence-corrected chi connectivity index (χ1v) is 9.92. The maximum atomic E-state index is 14.7. The van der Waals surface area contributed by atoms with Gasteiger partial charge in [-0.15, -0.1) is 0 Å². The van der Waals surface area contributed by atoms with Gasteiger partial charge < -0.3 is 5.32 Å². The summed E-state index contributed by atoms with van der Waals surface area (Å²) in [5, 5.41) is 8.75. The summed E-state index contributed by atoms with van der Waals surface area (Å²) in [4.78, 5) is 20.9. The molecule has 1 aromatic carbocycles. The summed E-state index contributed by atoms with van der Waals surface area (Å²) in [5.41, 5.74) is -1.24. The molecular formula is C19H12F5N5OS. The van der Waals surface area contributed by atoms with Crippen LogP contribution in [0, 0.1) is 18.7 Å². The average Bonchev–Trinajstić information content (AvgIpc) is 3.07. The van der Waals surface area contributed by atoms with Crippen LogP contribution in [-0.4, -0.2) is 32.2 Å². The summed E-state index contributed by atoms with van der Waals surface area (Å²) in [7, 11) is 0. The van der Waals surface area contributed by atoms with E-state index in [1.165, 1.54) is 19.2 Å². The second-order valence-electron chi connectivity index (χ2n) is 7.23. The van der Waals surface area contributed by atoms with Gasteiger partial charge >= 0.3 is 6.18 Å². The van der Waals surface area contributed by atoms with Crippen molar-refractivity contribution < 1.29 is 26.7 Å². The Labute approximate surface area is 174 Å². The number of fused-ring (bicyclic) bond motifs is 2. The average molecular weight is 453 g/mol. The molecule has 12 heteroatoms. The maximum Gasteiger partial charge on any atom is 0.421 e. The predicted octanol–water partition coefficient (Wildman–Crippen LogP) is 5.00. The summed E-state index contributed by atoms with van der Waals surface area (Å²) >= 11 is 1.03. The Hall–Kier alpha value is -3.15. The fourth-order valence-electron chi connectivity index (χ4n) is 3.51. The normalized spacial score (nSPS) is 18.6. The molecule has 0 unspecified atom stereocenters. The molecule has 5 rings (SSSR count). The first kappa shape index (κ1) is 19.8. The number of hydrogen-bond donors (Lipinski definition) is 2. The van der Waals surface area contributed by atoms with Crippen molar-refractivity contribution in [2.45, 2.75) is 25.7 Å². The number of amides is 1. The number of hydrogen-bond acceptors (Lipinski definition) is 5. The van der Waals surface area contributed by atoms with Gasteiger partial charge in [0.05, 0.1) is 23.3 Å². The zero-order chi connectivity index (χ0) is 22.1. The van der Waals surface area contributed by atoms with E-state index in [0.717, 1.165) is 11.3 Å². The van der Waals surface area contributed by atoms with E-state index >= 15 is 0 Å². The molecule has 0 bridgehead atoms. The largest absolute Gasteiger partial charge is 0.421 e. The number of alkyl halides is 4. The standard InChI is InChI=1S/C19H12F5N5OS/c1-6-12(8-5-25-29-15(8)13(14(6)21)19(22,23)24)10-2-3-11-17(26-10)31-18(27-11)28-16(30)7-4-9(7)20/h2-3,5,7,9H,4H2,1H3,(H,25,29)(H,27,28,30)/t7-,9+/m1/s1. The highest BCUT2D eigenvalue weighted by molar-refractivity contribution is 7.22. The second kappa shape index (κ2) is 6.67. The molecule has 0 radical (unpaired) electrons. The monoisotopic (exact) mass is 453 g/mol. The Balaban J connectivity index is 1.60. The van der Waals surface area contributed by atoms with Crippen LogP contribution in [0.3, 0.4) is 0 Å². The molecule has 2 atom stereocenters. The molecule has 0 spiro atoms. The number of aromatic nitrogens is 4. The minimum Gasteiger partial charge on any atom is -0.302 e. The quantitative estimate of drug-likeness (QED) is 0.428. The van der Waals surface area contributed by atoms with E-state index in [1.807, 2.05) is 0 Å². The summed E-state index contributed by atoms with van der Waals surface area (Å²) in [5.74, 6) is -2.54. The smallest absolute Gasteiger partial charge is 0.302 e. The van der Waals surface area contributed by atoms with Crippen LogP contribution < -0.4 is 5.32 Å². The Kier molecular flexibility index (Phi) is 4.26. The molecular weight excluding hydrogens is 441 g/mol. The highest BCUT2D eigenvalue weighted by Gasteiger charge is 2.44. The second-order valence-corrected chi connectivity index (χ2v) is 8.21. The molecule has 160 valence electrons. The number of nitrogens with zero attached hydrogens (tertiary/aromatic N) is 3. The number of thiazole rings is 1. The number of pyridine rings is 1. The third-order valence-corrected chi connectivity index (χ3v) is 6.04. The van der Waals surface area contributed by atoms with E-state index in [-0.39, 0.29) is 33.8 Å². The van der Waals surface area contributed by atoms with Crippen molar-refractivity contribution in [3.05, 3.63) is 35.3 Å². The van der Waals surface area contributed by atoms with Gasteiger partial charge in [0.15, 0.2) is 5.13 Å². The van der Waals surface area contributed by atoms with Gasteiger partial charge in [0.1, 0.15) is 27.9 Å². The lowest BCUT2D eigenvalue weighted by molar-refractivity contribution is -0.138. The van der Waals surface area contributed by atoms with E-state index in [0.29, 0.717) is 10.3 Å². The Morgan fingerprint density at radius 3 is 2.71 bits per heavy atom. The van der Waals surface area contributed by atoms with Gasteiger partial charge in [-0.1, -0.05) is 11.3 Å². The number of carbonyl (C=O) groups is 1. The maximum absolute atomic E-state index is 14.7. The van der Waals surface area contributed by atoms with Crippen molar-refractivity contribution in [1.29, 1.82) is 0 Å². The highest BCUT2D eigenvalue weighted by Crippen LogP contribution is 2.42. The Bertz CT molecular complexity index is 1360. The molecule has 0 saturated heterocycles. The van der Waals surface area contributed by atoms with Crippen LogP contribution >= 0.6 is 11.3 Å². The minimum atomic E-state index is -4.90. The van der Waals surface area contributed by atoms with Gasteiger partial charge in [-0.05, 0) is 31.0 Å². The van der Waals surface area contributed by atoms with E-state index < -0.39 is 41.1 Å². The van der Waals surface area contributed by atoms with Crippen molar-refractivity contribution in [1.82, 2.24) is 20.2 Å². The van der Waals surface area contributed by atoms with Crippen LogP contribution in [0.1, 0.15) is 17.5 Å². The molecule has 31 heavy (non-hydrogen) atoms.